The van der Waals surface area contributed by atoms with Crippen LogP contribution in [0.5, 0.6) is 0 Å². The van der Waals surface area contributed by atoms with Gasteiger partial charge < -0.3 is 29.0 Å². The Hall–Kier alpha value is -2.21. The molecule has 2 N–H and O–H groups in total. The van der Waals surface area contributed by atoms with Crippen molar-refractivity contribution in [2.24, 2.45) is 5.92 Å². The Morgan fingerprint density at radius 1 is 1.21 bits per heavy atom. The number of carbonyl (C=O) groups excluding carboxylic acids is 3. The van der Waals surface area contributed by atoms with E-state index in [2.05, 4.69) is 10.6 Å². The van der Waals surface area contributed by atoms with Crippen molar-refractivity contribution >= 4 is 18.1 Å². The molecule has 11 heteroatoms. The average Bonchev–Trinajstić information content (AvgIpc) is 3.59. The second kappa shape index (κ2) is 14.8. The van der Waals surface area contributed by atoms with Crippen LogP contribution in [0.1, 0.15) is 60.3 Å². The summed E-state index contributed by atoms with van der Waals surface area (Å²) in [5.41, 5.74) is 0.205. The minimum atomic E-state index is -0.817. The molecule has 0 aromatic heterocycles. The smallest absolute Gasteiger partial charge is 0.414 e. The third-order valence-corrected chi connectivity index (χ3v) is 7.00. The first-order valence-electron chi connectivity index (χ1n) is 13.5. The van der Waals surface area contributed by atoms with Gasteiger partial charge in [0.2, 0.25) is 5.91 Å². The summed E-state index contributed by atoms with van der Waals surface area (Å²) in [6.07, 6.45) is 2.72. The Balaban J connectivity index is 1.85. The van der Waals surface area contributed by atoms with E-state index in [0.29, 0.717) is 45.8 Å². The summed E-state index contributed by atoms with van der Waals surface area (Å²) >= 11 is 0. The maximum Gasteiger partial charge on any atom is 0.414 e. The van der Waals surface area contributed by atoms with Gasteiger partial charge in [-0.1, -0.05) is 25.0 Å². The lowest BCUT2D eigenvalue weighted by Gasteiger charge is -2.47. The number of rotatable bonds is 14. The van der Waals surface area contributed by atoms with Gasteiger partial charge in [0.05, 0.1) is 37.6 Å². The molecule has 38 heavy (non-hydrogen) atoms. The molecule has 2 fully saturated rings. The van der Waals surface area contributed by atoms with Crippen molar-refractivity contribution in [2.75, 3.05) is 53.6 Å². The van der Waals surface area contributed by atoms with Crippen LogP contribution >= 0.6 is 0 Å². The van der Waals surface area contributed by atoms with E-state index in [9.17, 15) is 14.4 Å². The predicted molar refractivity (Wildman–Crippen MR) is 142 cm³/mol. The van der Waals surface area contributed by atoms with Crippen molar-refractivity contribution in [1.82, 2.24) is 15.5 Å². The normalized spacial score (nSPS) is 24.6. The van der Waals surface area contributed by atoms with Gasteiger partial charge >= 0.3 is 12.2 Å². The van der Waals surface area contributed by atoms with Crippen LogP contribution in [0.4, 0.5) is 9.59 Å². The van der Waals surface area contributed by atoms with Crippen LogP contribution in [-0.2, 0) is 28.5 Å². The fourth-order valence-corrected chi connectivity index (χ4v) is 4.95. The van der Waals surface area contributed by atoms with Gasteiger partial charge in [-0.3, -0.25) is 15.0 Å². The number of carbonyl (C=O) groups is 3. The summed E-state index contributed by atoms with van der Waals surface area (Å²) in [6.45, 7) is 12.2. The van der Waals surface area contributed by atoms with E-state index in [1.165, 1.54) is 5.57 Å². The SMILES string of the molecule is CCCCOC(=O)NCCN(C)CC(=O)NC(=O)OC1CC[C@]2(CO2)C(C(C)(C)OCC=C(C)C)C1OC. The van der Waals surface area contributed by atoms with Crippen molar-refractivity contribution < 1.29 is 38.1 Å². The molecule has 0 bridgehead atoms. The fraction of sp³-hybridized carbons (Fsp3) is 0.815. The van der Waals surface area contributed by atoms with E-state index >= 15 is 0 Å². The summed E-state index contributed by atoms with van der Waals surface area (Å²) in [4.78, 5) is 38.3. The van der Waals surface area contributed by atoms with Crippen LogP contribution in [0.25, 0.3) is 0 Å². The summed E-state index contributed by atoms with van der Waals surface area (Å²) in [7, 11) is 3.31. The number of ether oxygens (including phenoxy) is 5. The first-order valence-corrected chi connectivity index (χ1v) is 13.5. The predicted octanol–water partition coefficient (Wildman–Crippen LogP) is 3.02. The fourth-order valence-electron chi connectivity index (χ4n) is 4.95. The Morgan fingerprint density at radius 2 is 1.92 bits per heavy atom. The number of allylic oxidation sites excluding steroid dienone is 1. The minimum absolute atomic E-state index is 0.0369. The third kappa shape index (κ3) is 9.83. The number of methoxy groups -OCH3 is 1. The van der Waals surface area contributed by atoms with Gasteiger partial charge in [-0.15, -0.1) is 0 Å². The number of nitrogens with one attached hydrogen (secondary N) is 2. The topological polar surface area (TPSA) is 128 Å². The minimum Gasteiger partial charge on any atom is -0.450 e. The third-order valence-electron chi connectivity index (χ3n) is 7.00. The summed E-state index contributed by atoms with van der Waals surface area (Å²) in [5.74, 6) is -0.670. The van der Waals surface area contributed by atoms with E-state index in [-0.39, 0.29) is 18.1 Å². The second-order valence-electron chi connectivity index (χ2n) is 10.9. The number of alkyl carbamates (subject to hydrolysis) is 2. The number of nitrogens with zero attached hydrogens (tertiary/aromatic N) is 1. The van der Waals surface area contributed by atoms with Crippen LogP contribution in [0.3, 0.4) is 0 Å². The van der Waals surface area contributed by atoms with Crippen molar-refractivity contribution in [3.8, 4) is 0 Å². The van der Waals surface area contributed by atoms with E-state index in [4.69, 9.17) is 23.7 Å². The molecule has 1 aliphatic heterocycles. The van der Waals surface area contributed by atoms with Crippen LogP contribution in [0.2, 0.25) is 0 Å². The van der Waals surface area contributed by atoms with Crippen molar-refractivity contribution in [3.05, 3.63) is 11.6 Å². The number of hydrogen-bond acceptors (Lipinski definition) is 9. The molecule has 1 saturated carbocycles. The second-order valence-corrected chi connectivity index (χ2v) is 10.9. The van der Waals surface area contributed by atoms with Gasteiger partial charge in [-0.05, 0) is 54.0 Å². The number of unbranched alkanes of at least 4 members (excludes halogenated alkanes) is 1. The lowest BCUT2D eigenvalue weighted by Crippen LogP contribution is -2.59. The van der Waals surface area contributed by atoms with E-state index in [1.807, 2.05) is 40.7 Å². The molecular formula is C27H47N3O8. The first kappa shape index (κ1) is 32.0. The molecular weight excluding hydrogens is 494 g/mol. The van der Waals surface area contributed by atoms with Crippen molar-refractivity contribution in [1.29, 1.82) is 0 Å². The maximum absolute atomic E-state index is 12.6. The quantitative estimate of drug-likeness (QED) is 0.194. The lowest BCUT2D eigenvalue weighted by molar-refractivity contribution is -0.172. The van der Waals surface area contributed by atoms with Crippen LogP contribution < -0.4 is 10.6 Å². The first-order chi connectivity index (χ1) is 17.9. The highest BCUT2D eigenvalue weighted by Gasteiger charge is 2.64. The summed E-state index contributed by atoms with van der Waals surface area (Å²) in [5, 5.41) is 4.93. The van der Waals surface area contributed by atoms with Gasteiger partial charge in [0.15, 0.2) is 0 Å². The molecule has 0 aromatic rings. The monoisotopic (exact) mass is 541 g/mol. The molecule has 0 aromatic carbocycles. The van der Waals surface area contributed by atoms with Crippen LogP contribution in [-0.4, -0.2) is 100 Å². The Morgan fingerprint density at radius 3 is 2.53 bits per heavy atom. The van der Waals surface area contributed by atoms with Crippen LogP contribution in [0, 0.1) is 5.92 Å². The standard InChI is InChI=1S/C27H47N3O8/c1-8-9-15-35-24(32)28-13-14-30(6)17-21(31)29-25(33)38-20-10-12-27(18-37-27)23(22(20)34-7)26(4,5)36-16-11-19(2)3/h11,20,22-23H,8-10,12-18H2,1-7H3,(H,28,32)(H,29,31,33)/t20?,22?,23?,27-/m0/s1. The zero-order valence-electron chi connectivity index (χ0n) is 24.1. The zero-order chi connectivity index (χ0) is 28.3. The molecule has 1 spiro atoms. The number of epoxide rings is 1. The van der Waals surface area contributed by atoms with Gasteiger partial charge in [-0.25, -0.2) is 9.59 Å². The number of imide groups is 1. The highest BCUT2D eigenvalue weighted by atomic mass is 16.6. The highest BCUT2D eigenvalue weighted by molar-refractivity contribution is 5.92. The molecule has 3 unspecified atom stereocenters. The summed E-state index contributed by atoms with van der Waals surface area (Å²) < 4.78 is 28.7. The number of hydrogen-bond donors (Lipinski definition) is 2. The molecule has 2 rings (SSSR count). The Kier molecular flexibility index (Phi) is 12.5. The molecule has 3 amide bonds. The van der Waals surface area contributed by atoms with Crippen molar-refractivity contribution in [3.63, 3.8) is 0 Å². The van der Waals surface area contributed by atoms with Crippen molar-refractivity contribution in [2.45, 2.75) is 83.7 Å². The van der Waals surface area contributed by atoms with Gasteiger partial charge in [0, 0.05) is 26.1 Å². The average molecular weight is 542 g/mol. The number of amides is 3. The lowest BCUT2D eigenvalue weighted by atomic mass is 9.68. The maximum atomic E-state index is 12.6. The highest BCUT2D eigenvalue weighted by Crippen LogP contribution is 2.52. The van der Waals surface area contributed by atoms with Gasteiger partial charge in [-0.2, -0.15) is 0 Å². The largest absolute Gasteiger partial charge is 0.450 e. The van der Waals surface area contributed by atoms with E-state index < -0.39 is 35.9 Å². The van der Waals surface area contributed by atoms with Gasteiger partial charge in [0.25, 0.3) is 0 Å². The van der Waals surface area contributed by atoms with E-state index in [1.54, 1.807) is 19.1 Å². The Labute approximate surface area is 226 Å². The molecule has 1 heterocycles. The van der Waals surface area contributed by atoms with Gasteiger partial charge in [0.1, 0.15) is 12.2 Å². The molecule has 4 atom stereocenters. The number of likely N-dealkylation sites (N-methyl/N-ethyl adjacent to an activating group) is 1. The zero-order valence-corrected chi connectivity index (χ0v) is 24.1. The molecule has 11 nitrogen and oxygen atoms in total. The molecule has 1 saturated heterocycles. The molecule has 0 radical (unpaired) electrons. The molecule has 2 aliphatic rings. The molecule has 218 valence electrons. The Bertz CT molecular complexity index is 823. The van der Waals surface area contributed by atoms with Crippen LogP contribution in [0.15, 0.2) is 11.6 Å². The summed E-state index contributed by atoms with van der Waals surface area (Å²) in [6, 6.07) is 0. The molecule has 1 aliphatic carbocycles. The van der Waals surface area contributed by atoms with E-state index in [0.717, 1.165) is 12.8 Å².